The van der Waals surface area contributed by atoms with Gasteiger partial charge in [-0.2, -0.15) is 0 Å². The van der Waals surface area contributed by atoms with Crippen molar-refractivity contribution in [2.45, 2.75) is 39.5 Å². The molecule has 0 aromatic heterocycles. The van der Waals surface area contributed by atoms with Gasteiger partial charge in [0.05, 0.1) is 0 Å². The molecule has 0 fully saturated rings. The van der Waals surface area contributed by atoms with E-state index in [2.05, 4.69) is 26.0 Å². The highest BCUT2D eigenvalue weighted by Gasteiger charge is 2.14. The second-order valence-electron chi connectivity index (χ2n) is 3.45. The van der Waals surface area contributed by atoms with Crippen molar-refractivity contribution >= 4 is 6.47 Å². The van der Waals surface area contributed by atoms with Crippen LogP contribution in [-0.4, -0.2) is 11.6 Å². The molecule has 1 unspecified atom stereocenters. The first kappa shape index (κ1) is 12.2. The summed E-state index contributed by atoms with van der Waals surface area (Å²) >= 11 is 0. The number of hydrogen-bond acceptors (Lipinski definition) is 1. The van der Waals surface area contributed by atoms with Gasteiger partial charge in [0.15, 0.2) is 0 Å². The lowest BCUT2D eigenvalue weighted by Crippen LogP contribution is -2.09. The number of carboxylic acid groups (broad SMARTS) is 1. The molecular weight excluding hydrogens is 164 g/mol. The smallest absolute Gasteiger partial charge is 0.290 e. The Morgan fingerprint density at radius 3 is 2.23 bits per heavy atom. The van der Waals surface area contributed by atoms with Crippen molar-refractivity contribution in [1.82, 2.24) is 0 Å². The summed E-state index contributed by atoms with van der Waals surface area (Å²) in [6.45, 7) is 4.35. The fourth-order valence-corrected chi connectivity index (χ4v) is 1.55. The predicted molar refractivity (Wildman–Crippen MR) is 54.6 cm³/mol. The van der Waals surface area contributed by atoms with E-state index in [9.17, 15) is 0 Å². The molecule has 1 aliphatic carbocycles. The zero-order valence-electron chi connectivity index (χ0n) is 8.57. The molecule has 0 amide bonds. The first-order chi connectivity index (χ1) is 6.28. The van der Waals surface area contributed by atoms with E-state index >= 15 is 0 Å². The fourth-order valence-electron chi connectivity index (χ4n) is 1.55. The Hall–Kier alpha value is -0.790. The van der Waals surface area contributed by atoms with Crippen molar-refractivity contribution in [3.8, 4) is 0 Å². The Labute approximate surface area is 80.7 Å². The van der Waals surface area contributed by atoms with Gasteiger partial charge in [0.1, 0.15) is 0 Å². The lowest BCUT2D eigenvalue weighted by molar-refractivity contribution is -0.122. The number of hydrogen-bond donors (Lipinski definition) is 1. The molecule has 0 bridgehead atoms. The van der Waals surface area contributed by atoms with Crippen LogP contribution in [0.5, 0.6) is 0 Å². The van der Waals surface area contributed by atoms with E-state index in [0.717, 1.165) is 11.8 Å². The van der Waals surface area contributed by atoms with Gasteiger partial charge in [-0.25, -0.2) is 0 Å². The second-order valence-corrected chi connectivity index (χ2v) is 3.45. The van der Waals surface area contributed by atoms with Crippen molar-refractivity contribution in [3.05, 3.63) is 12.2 Å². The van der Waals surface area contributed by atoms with Crippen molar-refractivity contribution in [3.63, 3.8) is 0 Å². The standard InChI is InChI=1S/C10H18.CH2O2/c1-3-9(4-2)8-10-6-5-7-10;2-1-3/h5-6,9-10H,3-4,7-8H2,1-2H3;1H,(H,2,3). The topological polar surface area (TPSA) is 37.3 Å². The minimum Gasteiger partial charge on any atom is -0.483 e. The quantitative estimate of drug-likeness (QED) is 0.538. The fraction of sp³-hybridized carbons (Fsp3) is 0.727. The average Bonchev–Trinajstić information content (AvgIpc) is 2.05. The third-order valence-electron chi connectivity index (χ3n) is 2.64. The molecule has 0 aromatic carbocycles. The van der Waals surface area contributed by atoms with Crippen LogP contribution in [0.3, 0.4) is 0 Å². The molecule has 1 aliphatic rings. The predicted octanol–water partition coefficient (Wildman–Crippen LogP) is 3.09. The molecule has 1 N–H and O–H groups in total. The minimum absolute atomic E-state index is 0.250. The maximum atomic E-state index is 8.36. The Bertz CT molecular complexity index is 148. The molecule has 0 radical (unpaired) electrons. The van der Waals surface area contributed by atoms with Gasteiger partial charge in [0, 0.05) is 0 Å². The summed E-state index contributed by atoms with van der Waals surface area (Å²) in [6.07, 6.45) is 10.1. The molecule has 13 heavy (non-hydrogen) atoms. The summed E-state index contributed by atoms with van der Waals surface area (Å²) in [4.78, 5) is 8.36. The summed E-state index contributed by atoms with van der Waals surface area (Å²) in [5, 5.41) is 6.89. The largest absolute Gasteiger partial charge is 0.483 e. The Morgan fingerprint density at radius 1 is 1.54 bits per heavy atom. The van der Waals surface area contributed by atoms with E-state index in [1.807, 2.05) is 0 Å². The van der Waals surface area contributed by atoms with Crippen LogP contribution in [-0.2, 0) is 4.79 Å². The molecule has 2 nitrogen and oxygen atoms in total. The van der Waals surface area contributed by atoms with Gasteiger partial charge in [0.2, 0.25) is 0 Å². The highest BCUT2D eigenvalue weighted by Crippen LogP contribution is 2.27. The summed E-state index contributed by atoms with van der Waals surface area (Å²) < 4.78 is 0. The van der Waals surface area contributed by atoms with Crippen molar-refractivity contribution < 1.29 is 9.90 Å². The molecule has 2 heteroatoms. The molecule has 0 saturated heterocycles. The molecule has 0 aromatic rings. The zero-order chi connectivity index (χ0) is 10.1. The lowest BCUT2D eigenvalue weighted by Gasteiger charge is -2.22. The maximum absolute atomic E-state index is 8.36. The second kappa shape index (κ2) is 7.84. The van der Waals surface area contributed by atoms with E-state index in [-0.39, 0.29) is 6.47 Å². The third kappa shape index (κ3) is 5.45. The highest BCUT2D eigenvalue weighted by molar-refractivity contribution is 5.32. The van der Waals surface area contributed by atoms with Crippen LogP contribution in [0, 0.1) is 11.8 Å². The zero-order valence-corrected chi connectivity index (χ0v) is 8.57. The molecule has 1 atom stereocenters. The Balaban J connectivity index is 0.000000424. The molecule has 0 saturated carbocycles. The lowest BCUT2D eigenvalue weighted by atomic mass is 9.84. The van der Waals surface area contributed by atoms with Gasteiger partial charge in [-0.1, -0.05) is 38.8 Å². The SMILES string of the molecule is CCC(CC)CC1C=CC1.O=CO. The highest BCUT2D eigenvalue weighted by atomic mass is 16.3. The minimum atomic E-state index is -0.250. The van der Waals surface area contributed by atoms with Crippen LogP contribution in [0.15, 0.2) is 12.2 Å². The molecule has 76 valence electrons. The average molecular weight is 184 g/mol. The van der Waals surface area contributed by atoms with Crippen LogP contribution in [0.1, 0.15) is 39.5 Å². The summed E-state index contributed by atoms with van der Waals surface area (Å²) in [6, 6.07) is 0. The van der Waals surface area contributed by atoms with Crippen molar-refractivity contribution in [1.29, 1.82) is 0 Å². The van der Waals surface area contributed by atoms with Crippen molar-refractivity contribution in [2.75, 3.05) is 0 Å². The molecule has 0 spiro atoms. The van der Waals surface area contributed by atoms with E-state index in [1.165, 1.54) is 25.7 Å². The van der Waals surface area contributed by atoms with Crippen LogP contribution in [0.4, 0.5) is 0 Å². The molecule has 0 heterocycles. The van der Waals surface area contributed by atoms with Gasteiger partial charge in [0.25, 0.3) is 6.47 Å². The Kier molecular flexibility index (Phi) is 7.36. The first-order valence-electron chi connectivity index (χ1n) is 5.02. The van der Waals surface area contributed by atoms with Crippen LogP contribution >= 0.6 is 0 Å². The van der Waals surface area contributed by atoms with E-state index in [4.69, 9.17) is 9.90 Å². The van der Waals surface area contributed by atoms with E-state index < -0.39 is 0 Å². The van der Waals surface area contributed by atoms with Gasteiger partial charge < -0.3 is 5.11 Å². The van der Waals surface area contributed by atoms with Crippen LogP contribution < -0.4 is 0 Å². The summed E-state index contributed by atoms with van der Waals surface area (Å²) in [5.41, 5.74) is 0. The molecular formula is C11H20O2. The molecule has 0 aliphatic heterocycles. The maximum Gasteiger partial charge on any atom is 0.290 e. The van der Waals surface area contributed by atoms with Crippen LogP contribution in [0.25, 0.3) is 0 Å². The van der Waals surface area contributed by atoms with Gasteiger partial charge in [-0.05, 0) is 24.7 Å². The first-order valence-corrected chi connectivity index (χ1v) is 5.02. The number of carbonyl (C=O) groups is 1. The van der Waals surface area contributed by atoms with Crippen LogP contribution in [0.2, 0.25) is 0 Å². The van der Waals surface area contributed by atoms with E-state index in [1.54, 1.807) is 0 Å². The van der Waals surface area contributed by atoms with Gasteiger partial charge in [-0.3, -0.25) is 4.79 Å². The van der Waals surface area contributed by atoms with Gasteiger partial charge in [-0.15, -0.1) is 0 Å². The van der Waals surface area contributed by atoms with E-state index in [0.29, 0.717) is 0 Å². The summed E-state index contributed by atoms with van der Waals surface area (Å²) in [5.74, 6) is 1.92. The number of rotatable bonds is 4. The number of allylic oxidation sites excluding steroid dienone is 2. The third-order valence-corrected chi connectivity index (χ3v) is 2.64. The Morgan fingerprint density at radius 2 is 2.00 bits per heavy atom. The summed E-state index contributed by atoms with van der Waals surface area (Å²) in [7, 11) is 0. The normalized spacial score (nSPS) is 18.8. The van der Waals surface area contributed by atoms with Crippen molar-refractivity contribution in [2.24, 2.45) is 11.8 Å². The van der Waals surface area contributed by atoms with Gasteiger partial charge >= 0.3 is 0 Å². The monoisotopic (exact) mass is 184 g/mol. The molecule has 1 rings (SSSR count).